The highest BCUT2D eigenvalue weighted by molar-refractivity contribution is 5.76. The lowest BCUT2D eigenvalue weighted by molar-refractivity contribution is -0.121. The van der Waals surface area contributed by atoms with Crippen LogP contribution in [0.5, 0.6) is 0 Å². The van der Waals surface area contributed by atoms with Crippen LogP contribution in [0, 0.1) is 5.92 Å². The Morgan fingerprint density at radius 2 is 2.46 bits per heavy atom. The number of hydrogen-bond donors (Lipinski definition) is 2. The normalized spacial score (nSPS) is 27.1. The van der Waals surface area contributed by atoms with E-state index in [1.54, 1.807) is 0 Å². The molecular weight excluding hydrogens is 166 g/mol. The van der Waals surface area contributed by atoms with Crippen molar-refractivity contribution < 1.29 is 4.79 Å². The van der Waals surface area contributed by atoms with E-state index in [4.69, 9.17) is 5.73 Å². The highest BCUT2D eigenvalue weighted by Gasteiger charge is 2.19. The van der Waals surface area contributed by atoms with Gasteiger partial charge in [-0.05, 0) is 6.92 Å². The second kappa shape index (κ2) is 4.58. The molecule has 1 rings (SSSR count). The SMILES string of the molecule is CC1CN(CC(C)C(N)=O)CCN1. The molecule has 1 saturated heterocycles. The highest BCUT2D eigenvalue weighted by Crippen LogP contribution is 2.03. The van der Waals surface area contributed by atoms with E-state index >= 15 is 0 Å². The van der Waals surface area contributed by atoms with Gasteiger partial charge in [0.25, 0.3) is 0 Å². The van der Waals surface area contributed by atoms with Gasteiger partial charge in [0.1, 0.15) is 0 Å². The van der Waals surface area contributed by atoms with Gasteiger partial charge >= 0.3 is 0 Å². The molecule has 2 atom stereocenters. The van der Waals surface area contributed by atoms with Crippen molar-refractivity contribution in [3.63, 3.8) is 0 Å². The van der Waals surface area contributed by atoms with E-state index in [9.17, 15) is 4.79 Å². The zero-order valence-corrected chi connectivity index (χ0v) is 8.42. The van der Waals surface area contributed by atoms with Crippen LogP contribution in [0.1, 0.15) is 13.8 Å². The van der Waals surface area contributed by atoms with Gasteiger partial charge in [-0.3, -0.25) is 9.69 Å². The first kappa shape index (κ1) is 10.5. The molecule has 0 saturated carbocycles. The Balaban J connectivity index is 2.31. The predicted molar refractivity (Wildman–Crippen MR) is 52.3 cm³/mol. The Morgan fingerprint density at radius 3 is 3.00 bits per heavy atom. The molecule has 0 aromatic heterocycles. The molecule has 1 aliphatic heterocycles. The number of nitrogens with zero attached hydrogens (tertiary/aromatic N) is 1. The van der Waals surface area contributed by atoms with Crippen LogP contribution < -0.4 is 11.1 Å². The Morgan fingerprint density at radius 1 is 1.77 bits per heavy atom. The summed E-state index contributed by atoms with van der Waals surface area (Å²) in [7, 11) is 0. The summed E-state index contributed by atoms with van der Waals surface area (Å²) in [4.78, 5) is 13.1. The smallest absolute Gasteiger partial charge is 0.221 e. The number of nitrogens with one attached hydrogen (secondary N) is 1. The molecule has 2 unspecified atom stereocenters. The highest BCUT2D eigenvalue weighted by atomic mass is 16.1. The van der Waals surface area contributed by atoms with Crippen LogP contribution in [0.2, 0.25) is 0 Å². The molecule has 1 amide bonds. The fraction of sp³-hybridized carbons (Fsp3) is 0.889. The number of piperazine rings is 1. The van der Waals surface area contributed by atoms with E-state index in [0.717, 1.165) is 26.2 Å². The molecule has 0 aromatic rings. The van der Waals surface area contributed by atoms with Crippen LogP contribution >= 0.6 is 0 Å². The lowest BCUT2D eigenvalue weighted by Crippen LogP contribution is -2.51. The molecule has 76 valence electrons. The molecule has 0 aromatic carbocycles. The summed E-state index contributed by atoms with van der Waals surface area (Å²) in [5.41, 5.74) is 5.21. The monoisotopic (exact) mass is 185 g/mol. The Bertz CT molecular complexity index is 184. The molecule has 0 spiro atoms. The first-order chi connectivity index (χ1) is 6.09. The summed E-state index contributed by atoms with van der Waals surface area (Å²) in [6.07, 6.45) is 0. The predicted octanol–water partition coefficient (Wildman–Crippen LogP) is -0.598. The second-order valence-corrected chi connectivity index (χ2v) is 3.92. The van der Waals surface area contributed by atoms with Gasteiger partial charge in [0.15, 0.2) is 0 Å². The minimum absolute atomic E-state index is 0.0368. The minimum Gasteiger partial charge on any atom is -0.369 e. The summed E-state index contributed by atoms with van der Waals surface area (Å²) in [5, 5.41) is 3.36. The first-order valence-electron chi connectivity index (χ1n) is 4.84. The van der Waals surface area contributed by atoms with Crippen molar-refractivity contribution in [3.05, 3.63) is 0 Å². The summed E-state index contributed by atoms with van der Waals surface area (Å²) in [6, 6.07) is 0.522. The number of hydrogen-bond acceptors (Lipinski definition) is 3. The molecule has 1 heterocycles. The second-order valence-electron chi connectivity index (χ2n) is 3.92. The molecule has 0 aliphatic carbocycles. The van der Waals surface area contributed by atoms with Gasteiger partial charge in [-0.25, -0.2) is 0 Å². The van der Waals surface area contributed by atoms with Gasteiger partial charge in [-0.2, -0.15) is 0 Å². The maximum atomic E-state index is 10.8. The third-order valence-corrected chi connectivity index (χ3v) is 2.47. The van der Waals surface area contributed by atoms with Crippen molar-refractivity contribution in [1.29, 1.82) is 0 Å². The number of rotatable bonds is 3. The molecule has 0 bridgehead atoms. The molecular formula is C9H19N3O. The largest absolute Gasteiger partial charge is 0.369 e. The fourth-order valence-electron chi connectivity index (χ4n) is 1.66. The van der Waals surface area contributed by atoms with Gasteiger partial charge in [-0.1, -0.05) is 6.92 Å². The van der Waals surface area contributed by atoms with E-state index < -0.39 is 0 Å². The third-order valence-electron chi connectivity index (χ3n) is 2.47. The van der Waals surface area contributed by atoms with Gasteiger partial charge in [-0.15, -0.1) is 0 Å². The van der Waals surface area contributed by atoms with Crippen molar-refractivity contribution in [2.75, 3.05) is 26.2 Å². The van der Waals surface area contributed by atoms with Crippen LogP contribution in [0.4, 0.5) is 0 Å². The molecule has 4 heteroatoms. The maximum Gasteiger partial charge on any atom is 0.221 e. The minimum atomic E-state index is -0.203. The van der Waals surface area contributed by atoms with Crippen LogP contribution in [0.15, 0.2) is 0 Å². The summed E-state index contributed by atoms with van der Waals surface area (Å²) >= 11 is 0. The Kier molecular flexibility index (Phi) is 3.69. The van der Waals surface area contributed by atoms with E-state index in [2.05, 4.69) is 17.1 Å². The zero-order chi connectivity index (χ0) is 9.84. The number of carbonyl (C=O) groups excluding carboxylic acids is 1. The first-order valence-corrected chi connectivity index (χ1v) is 4.84. The Labute approximate surface area is 79.5 Å². The summed E-state index contributed by atoms with van der Waals surface area (Å²) < 4.78 is 0. The van der Waals surface area contributed by atoms with Crippen LogP contribution in [0.3, 0.4) is 0 Å². The molecule has 4 nitrogen and oxygen atoms in total. The number of nitrogens with two attached hydrogens (primary N) is 1. The fourth-order valence-corrected chi connectivity index (χ4v) is 1.66. The van der Waals surface area contributed by atoms with Crippen LogP contribution in [-0.4, -0.2) is 43.0 Å². The summed E-state index contributed by atoms with van der Waals surface area (Å²) in [5.74, 6) is -0.239. The van der Waals surface area contributed by atoms with Crippen molar-refractivity contribution in [2.24, 2.45) is 11.7 Å². The van der Waals surface area contributed by atoms with Gasteiger partial charge in [0, 0.05) is 38.1 Å². The maximum absolute atomic E-state index is 10.8. The molecule has 1 aliphatic rings. The molecule has 1 fully saturated rings. The van der Waals surface area contributed by atoms with E-state index in [1.807, 2.05) is 6.92 Å². The average molecular weight is 185 g/mol. The van der Waals surface area contributed by atoms with E-state index in [-0.39, 0.29) is 11.8 Å². The van der Waals surface area contributed by atoms with E-state index in [0.29, 0.717) is 6.04 Å². The zero-order valence-electron chi connectivity index (χ0n) is 8.42. The van der Waals surface area contributed by atoms with Crippen LogP contribution in [0.25, 0.3) is 0 Å². The van der Waals surface area contributed by atoms with Gasteiger partial charge in [0.05, 0.1) is 0 Å². The standard InChI is InChI=1S/C9H19N3O/c1-7(9(10)13)5-12-4-3-11-8(2)6-12/h7-8,11H,3-6H2,1-2H3,(H2,10,13). The number of primary amides is 1. The lowest BCUT2D eigenvalue weighted by atomic mass is 10.1. The van der Waals surface area contributed by atoms with Crippen LogP contribution in [-0.2, 0) is 4.79 Å². The van der Waals surface area contributed by atoms with Crippen molar-refractivity contribution in [3.8, 4) is 0 Å². The van der Waals surface area contributed by atoms with Gasteiger partial charge < -0.3 is 11.1 Å². The molecule has 13 heavy (non-hydrogen) atoms. The number of carbonyl (C=O) groups is 1. The van der Waals surface area contributed by atoms with Crippen molar-refractivity contribution in [1.82, 2.24) is 10.2 Å². The topological polar surface area (TPSA) is 58.4 Å². The molecule has 0 radical (unpaired) electrons. The van der Waals surface area contributed by atoms with E-state index in [1.165, 1.54) is 0 Å². The Hall–Kier alpha value is -0.610. The van der Waals surface area contributed by atoms with Crippen molar-refractivity contribution >= 4 is 5.91 Å². The summed E-state index contributed by atoms with van der Waals surface area (Å²) in [6.45, 7) is 7.86. The number of amides is 1. The van der Waals surface area contributed by atoms with Gasteiger partial charge in [0.2, 0.25) is 5.91 Å². The van der Waals surface area contributed by atoms with Crippen molar-refractivity contribution in [2.45, 2.75) is 19.9 Å². The lowest BCUT2D eigenvalue weighted by Gasteiger charge is -2.32. The quantitative estimate of drug-likeness (QED) is 0.617. The molecule has 3 N–H and O–H groups in total. The third kappa shape index (κ3) is 3.32. The average Bonchev–Trinajstić information content (AvgIpc) is 2.04.